The second-order valence-electron chi connectivity index (χ2n) is 6.55. The average Bonchev–Trinajstić information content (AvgIpc) is 2.97. The quantitative estimate of drug-likeness (QED) is 0.862. The average molecular weight is 304 g/mol. The highest BCUT2D eigenvalue weighted by atomic mass is 16.2. The highest BCUT2D eigenvalue weighted by Crippen LogP contribution is 2.35. The lowest BCUT2D eigenvalue weighted by Gasteiger charge is -2.34. The monoisotopic (exact) mass is 304 g/mol. The van der Waals surface area contributed by atoms with Gasteiger partial charge >= 0.3 is 0 Å². The smallest absolute Gasteiger partial charge is 0.224 e. The molecule has 1 unspecified atom stereocenters. The second-order valence-corrected chi connectivity index (χ2v) is 6.55. The van der Waals surface area contributed by atoms with Crippen LogP contribution in [-0.2, 0) is 16.0 Å². The molecular formula is C16H24N4O2. The van der Waals surface area contributed by atoms with E-state index in [1.807, 2.05) is 11.1 Å². The SMILES string of the molecule is CC(=O)N1CCCC(NC(=O)[C@@H]2CCc3[nH]ncc3[C@@H]2C)C1. The van der Waals surface area contributed by atoms with E-state index in [1.54, 1.807) is 6.92 Å². The minimum Gasteiger partial charge on any atom is -0.351 e. The van der Waals surface area contributed by atoms with Crippen molar-refractivity contribution in [2.75, 3.05) is 13.1 Å². The number of carbonyl (C=O) groups is 2. The third-order valence-electron chi connectivity index (χ3n) is 5.10. The maximum Gasteiger partial charge on any atom is 0.224 e. The number of piperidine rings is 1. The standard InChI is InChI=1S/C16H24N4O2/c1-10-13(5-6-15-14(10)8-17-19-15)16(22)18-12-4-3-7-20(9-12)11(2)21/h8,10,12-13H,3-7,9H2,1-2H3,(H,17,19)(H,18,22)/t10-,12?,13-/m1/s1. The molecule has 1 fully saturated rings. The number of amides is 2. The third kappa shape index (κ3) is 2.87. The normalized spacial score (nSPS) is 28.1. The van der Waals surface area contributed by atoms with E-state index in [0.29, 0.717) is 6.54 Å². The van der Waals surface area contributed by atoms with Crippen LogP contribution in [0.25, 0.3) is 0 Å². The first-order valence-corrected chi connectivity index (χ1v) is 8.14. The number of hydrogen-bond donors (Lipinski definition) is 2. The van der Waals surface area contributed by atoms with Gasteiger partial charge in [0.05, 0.1) is 6.20 Å². The summed E-state index contributed by atoms with van der Waals surface area (Å²) in [5.41, 5.74) is 2.33. The summed E-state index contributed by atoms with van der Waals surface area (Å²) in [6.45, 7) is 5.13. The molecule has 1 aliphatic carbocycles. The number of hydrogen-bond acceptors (Lipinski definition) is 3. The lowest BCUT2D eigenvalue weighted by Crippen LogP contribution is -2.51. The summed E-state index contributed by atoms with van der Waals surface area (Å²) in [6, 6.07) is 0.0862. The third-order valence-corrected chi connectivity index (χ3v) is 5.10. The topological polar surface area (TPSA) is 78.1 Å². The summed E-state index contributed by atoms with van der Waals surface area (Å²) in [5, 5.41) is 10.3. The van der Waals surface area contributed by atoms with Crippen molar-refractivity contribution in [2.24, 2.45) is 5.92 Å². The number of H-pyrrole nitrogens is 1. The van der Waals surface area contributed by atoms with Gasteiger partial charge in [0.25, 0.3) is 0 Å². The second kappa shape index (κ2) is 6.10. The molecule has 3 atom stereocenters. The number of aryl methyl sites for hydroxylation is 1. The first-order valence-electron chi connectivity index (χ1n) is 8.14. The van der Waals surface area contributed by atoms with E-state index < -0.39 is 0 Å². The molecule has 0 radical (unpaired) electrons. The molecule has 3 rings (SSSR count). The first kappa shape index (κ1) is 15.1. The molecule has 0 aromatic carbocycles. The molecule has 1 saturated heterocycles. The van der Waals surface area contributed by atoms with E-state index in [2.05, 4.69) is 22.4 Å². The number of nitrogens with zero attached hydrogens (tertiary/aromatic N) is 2. The lowest BCUT2D eigenvalue weighted by atomic mass is 9.78. The number of aromatic nitrogens is 2. The van der Waals surface area contributed by atoms with E-state index >= 15 is 0 Å². The Morgan fingerprint density at radius 3 is 3.00 bits per heavy atom. The number of carbonyl (C=O) groups excluding carboxylic acids is 2. The van der Waals surface area contributed by atoms with Crippen LogP contribution in [0.3, 0.4) is 0 Å². The molecule has 0 saturated carbocycles. The molecule has 1 aliphatic heterocycles. The van der Waals surface area contributed by atoms with Crippen LogP contribution in [0, 0.1) is 5.92 Å². The number of likely N-dealkylation sites (tertiary alicyclic amines) is 1. The van der Waals surface area contributed by atoms with Gasteiger partial charge in [0.15, 0.2) is 0 Å². The van der Waals surface area contributed by atoms with Crippen molar-refractivity contribution in [2.45, 2.75) is 51.5 Å². The van der Waals surface area contributed by atoms with E-state index in [-0.39, 0.29) is 29.7 Å². The fourth-order valence-corrected chi connectivity index (χ4v) is 3.73. The summed E-state index contributed by atoms with van der Waals surface area (Å²) >= 11 is 0. The molecule has 2 heterocycles. The van der Waals surface area contributed by atoms with Gasteiger partial charge in [-0.3, -0.25) is 14.7 Å². The highest BCUT2D eigenvalue weighted by molar-refractivity contribution is 5.80. The van der Waals surface area contributed by atoms with E-state index in [9.17, 15) is 9.59 Å². The zero-order valence-electron chi connectivity index (χ0n) is 13.3. The van der Waals surface area contributed by atoms with E-state index in [0.717, 1.165) is 37.9 Å². The molecule has 120 valence electrons. The molecule has 1 aromatic rings. The Morgan fingerprint density at radius 1 is 1.41 bits per heavy atom. The van der Waals surface area contributed by atoms with Crippen molar-refractivity contribution in [3.63, 3.8) is 0 Å². The maximum atomic E-state index is 12.6. The van der Waals surface area contributed by atoms with Crippen LogP contribution in [0.1, 0.15) is 50.3 Å². The Balaban J connectivity index is 1.62. The van der Waals surface area contributed by atoms with Crippen molar-refractivity contribution in [3.05, 3.63) is 17.5 Å². The molecule has 2 N–H and O–H groups in total. The summed E-state index contributed by atoms with van der Waals surface area (Å²) in [7, 11) is 0. The van der Waals surface area contributed by atoms with E-state index in [4.69, 9.17) is 0 Å². The highest BCUT2D eigenvalue weighted by Gasteiger charge is 2.34. The van der Waals surface area contributed by atoms with Crippen LogP contribution in [0.5, 0.6) is 0 Å². The van der Waals surface area contributed by atoms with Gasteiger partial charge in [0.1, 0.15) is 0 Å². The fourth-order valence-electron chi connectivity index (χ4n) is 3.73. The number of nitrogens with one attached hydrogen (secondary N) is 2. The first-order chi connectivity index (χ1) is 10.6. The lowest BCUT2D eigenvalue weighted by molar-refractivity contribution is -0.132. The predicted octanol–water partition coefficient (Wildman–Crippen LogP) is 1.20. The molecule has 6 heteroatoms. The van der Waals surface area contributed by atoms with Crippen molar-refractivity contribution in [1.82, 2.24) is 20.4 Å². The molecule has 0 spiro atoms. The minimum absolute atomic E-state index is 0.00203. The summed E-state index contributed by atoms with van der Waals surface area (Å²) in [6.07, 6.45) is 5.48. The van der Waals surface area contributed by atoms with Crippen molar-refractivity contribution >= 4 is 11.8 Å². The molecule has 2 amide bonds. The predicted molar refractivity (Wildman–Crippen MR) is 82.2 cm³/mol. The van der Waals surface area contributed by atoms with E-state index in [1.165, 1.54) is 5.56 Å². The number of aromatic amines is 1. The van der Waals surface area contributed by atoms with Crippen LogP contribution in [0.4, 0.5) is 0 Å². The van der Waals surface area contributed by atoms with Crippen LogP contribution in [0.2, 0.25) is 0 Å². The van der Waals surface area contributed by atoms with Gasteiger partial charge in [0.2, 0.25) is 11.8 Å². The van der Waals surface area contributed by atoms with Crippen LogP contribution < -0.4 is 5.32 Å². The van der Waals surface area contributed by atoms with Crippen molar-refractivity contribution in [1.29, 1.82) is 0 Å². The zero-order chi connectivity index (χ0) is 15.7. The van der Waals surface area contributed by atoms with Crippen molar-refractivity contribution in [3.8, 4) is 0 Å². The molecular weight excluding hydrogens is 280 g/mol. The van der Waals surface area contributed by atoms with Gasteiger partial charge in [-0.05, 0) is 37.2 Å². The largest absolute Gasteiger partial charge is 0.351 e. The van der Waals surface area contributed by atoms with Crippen LogP contribution >= 0.6 is 0 Å². The molecule has 1 aromatic heterocycles. The molecule has 0 bridgehead atoms. The molecule has 22 heavy (non-hydrogen) atoms. The fraction of sp³-hybridized carbons (Fsp3) is 0.688. The zero-order valence-corrected chi connectivity index (χ0v) is 13.3. The Hall–Kier alpha value is -1.85. The van der Waals surface area contributed by atoms with Crippen LogP contribution in [0.15, 0.2) is 6.20 Å². The number of rotatable bonds is 2. The number of fused-ring (bicyclic) bond motifs is 1. The van der Waals surface area contributed by atoms with Gasteiger partial charge < -0.3 is 10.2 Å². The summed E-state index contributed by atoms with van der Waals surface area (Å²) in [5.74, 6) is 0.399. The molecule has 6 nitrogen and oxygen atoms in total. The summed E-state index contributed by atoms with van der Waals surface area (Å²) < 4.78 is 0. The Bertz CT molecular complexity index is 568. The van der Waals surface area contributed by atoms with Gasteiger partial charge in [0, 0.05) is 37.7 Å². The molecule has 2 aliphatic rings. The van der Waals surface area contributed by atoms with Gasteiger partial charge in [-0.1, -0.05) is 6.92 Å². The maximum absolute atomic E-state index is 12.6. The van der Waals surface area contributed by atoms with Crippen LogP contribution in [-0.4, -0.2) is 46.0 Å². The summed E-state index contributed by atoms with van der Waals surface area (Å²) in [4.78, 5) is 26.0. The Kier molecular flexibility index (Phi) is 4.18. The Labute approximate surface area is 130 Å². The van der Waals surface area contributed by atoms with Gasteiger partial charge in [-0.15, -0.1) is 0 Å². The Morgan fingerprint density at radius 2 is 2.23 bits per heavy atom. The van der Waals surface area contributed by atoms with Gasteiger partial charge in [-0.25, -0.2) is 0 Å². The van der Waals surface area contributed by atoms with Gasteiger partial charge in [-0.2, -0.15) is 5.10 Å². The van der Waals surface area contributed by atoms with Crippen molar-refractivity contribution < 1.29 is 9.59 Å². The minimum atomic E-state index is -0.00203.